The highest BCUT2D eigenvalue weighted by atomic mass is 16.7. The lowest BCUT2D eigenvalue weighted by molar-refractivity contribution is -0.222. The number of nitrogens with one attached hydrogen (secondary N) is 2. The van der Waals surface area contributed by atoms with Crippen molar-refractivity contribution in [3.63, 3.8) is 0 Å². The second kappa shape index (κ2) is 7.62. The number of hydrogen-bond acceptors (Lipinski definition) is 8. The third-order valence-corrected chi connectivity index (χ3v) is 3.85. The fraction of sp³-hybridized carbons (Fsp3) is 0.857. The minimum Gasteiger partial charge on any atom is -0.444 e. The van der Waals surface area contributed by atoms with Crippen molar-refractivity contribution >= 4 is 12.0 Å². The van der Waals surface area contributed by atoms with Crippen LogP contribution in [0.25, 0.3) is 0 Å². The highest BCUT2D eigenvalue weighted by Crippen LogP contribution is 2.30. The first-order valence-electron chi connectivity index (χ1n) is 7.98. The zero-order valence-electron chi connectivity index (χ0n) is 14.2. The average molecular weight is 346 g/mol. The minimum absolute atomic E-state index is 0.0784. The van der Waals surface area contributed by atoms with E-state index in [-0.39, 0.29) is 25.1 Å². The summed E-state index contributed by atoms with van der Waals surface area (Å²) in [6.45, 7) is 5.97. The average Bonchev–Trinajstić information content (AvgIpc) is 2.70. The molecule has 0 aliphatic carbocycles. The molecule has 2 fully saturated rings. The first-order valence-corrected chi connectivity index (χ1v) is 7.98. The van der Waals surface area contributed by atoms with Crippen LogP contribution in [0.4, 0.5) is 4.79 Å². The number of aliphatic hydroxyl groups is 1. The lowest BCUT2D eigenvalue weighted by Crippen LogP contribution is -2.51. The zero-order chi connectivity index (χ0) is 17.9. The SMILES string of the molecule is CC(C)(C)OC(=O)NCCONC(=O)[C@@H]1CC[C@@H]2CN1C(O)N2O. The molecule has 2 aliphatic heterocycles. The molecule has 2 saturated heterocycles. The van der Waals surface area contributed by atoms with Crippen LogP contribution < -0.4 is 10.8 Å². The first kappa shape index (κ1) is 18.9. The topological polar surface area (TPSA) is 124 Å². The summed E-state index contributed by atoms with van der Waals surface area (Å²) in [5.41, 5.74) is 1.73. The summed E-state index contributed by atoms with van der Waals surface area (Å²) in [4.78, 5) is 30.1. The molecule has 0 saturated carbocycles. The van der Waals surface area contributed by atoms with Crippen molar-refractivity contribution in [1.82, 2.24) is 20.8 Å². The van der Waals surface area contributed by atoms with Crippen LogP contribution in [0.1, 0.15) is 33.6 Å². The summed E-state index contributed by atoms with van der Waals surface area (Å²) in [6.07, 6.45) is -0.604. The van der Waals surface area contributed by atoms with Crippen LogP contribution in [0.2, 0.25) is 0 Å². The number of alkyl carbamates (subject to hydrolysis) is 1. The largest absolute Gasteiger partial charge is 0.444 e. The standard InChI is InChI=1S/C14H26N4O6/c1-14(2,3)24-12(20)15-6-7-23-16-11(19)10-5-4-9-8-17(10)13(21)18(9)22/h9-10,13,21-22H,4-8H2,1-3H3,(H,15,20)(H,16,19)/t9-,10+,13?/m1/s1. The Balaban J connectivity index is 1.64. The van der Waals surface area contributed by atoms with Crippen molar-refractivity contribution in [2.45, 2.75) is 57.6 Å². The Kier molecular flexibility index (Phi) is 5.99. The van der Waals surface area contributed by atoms with E-state index in [1.807, 2.05) is 0 Å². The molecule has 2 amide bonds. The minimum atomic E-state index is -1.18. The van der Waals surface area contributed by atoms with Crippen LogP contribution >= 0.6 is 0 Å². The predicted octanol–water partition coefficient (Wildman–Crippen LogP) is -0.627. The van der Waals surface area contributed by atoms with Crippen molar-refractivity contribution in [1.29, 1.82) is 0 Å². The highest BCUT2D eigenvalue weighted by molar-refractivity contribution is 5.81. The molecule has 10 heteroatoms. The number of rotatable bonds is 5. The number of fused-ring (bicyclic) bond motifs is 2. The van der Waals surface area contributed by atoms with E-state index in [4.69, 9.17) is 9.57 Å². The van der Waals surface area contributed by atoms with E-state index in [9.17, 15) is 19.9 Å². The molecule has 2 bridgehead atoms. The van der Waals surface area contributed by atoms with Crippen LogP contribution in [0.5, 0.6) is 0 Å². The number of piperidine rings is 1. The fourth-order valence-electron chi connectivity index (χ4n) is 2.78. The normalized spacial score (nSPS) is 30.0. The molecule has 4 N–H and O–H groups in total. The van der Waals surface area contributed by atoms with Crippen molar-refractivity contribution in [3.05, 3.63) is 0 Å². The number of aliphatic hydroxyl groups excluding tert-OH is 1. The van der Waals surface area contributed by atoms with Gasteiger partial charge in [-0.2, -0.15) is 0 Å². The summed E-state index contributed by atoms with van der Waals surface area (Å²) in [7, 11) is 0. The molecule has 0 aromatic heterocycles. The smallest absolute Gasteiger partial charge is 0.407 e. The van der Waals surface area contributed by atoms with E-state index < -0.39 is 24.1 Å². The van der Waals surface area contributed by atoms with Gasteiger partial charge >= 0.3 is 6.09 Å². The van der Waals surface area contributed by atoms with Crippen LogP contribution in [0, 0.1) is 0 Å². The maximum atomic E-state index is 12.1. The molecule has 138 valence electrons. The number of carbonyl (C=O) groups excluding carboxylic acids is 2. The summed E-state index contributed by atoms with van der Waals surface area (Å²) in [5, 5.41) is 22.9. The molecule has 0 radical (unpaired) electrons. The molecule has 24 heavy (non-hydrogen) atoms. The summed E-state index contributed by atoms with van der Waals surface area (Å²) in [5.74, 6) is -0.389. The summed E-state index contributed by atoms with van der Waals surface area (Å²) < 4.78 is 5.06. The van der Waals surface area contributed by atoms with Gasteiger partial charge in [-0.05, 0) is 33.6 Å². The van der Waals surface area contributed by atoms with Gasteiger partial charge in [0.15, 0.2) is 6.35 Å². The molecule has 2 aliphatic rings. The van der Waals surface area contributed by atoms with Gasteiger partial charge in [-0.1, -0.05) is 0 Å². The molecule has 0 aromatic rings. The molecule has 10 nitrogen and oxygen atoms in total. The Morgan fingerprint density at radius 1 is 1.29 bits per heavy atom. The first-order chi connectivity index (χ1) is 11.2. The molecular weight excluding hydrogens is 320 g/mol. The second-order valence-corrected chi connectivity index (χ2v) is 6.91. The van der Waals surface area contributed by atoms with Gasteiger partial charge in [0.2, 0.25) is 0 Å². The van der Waals surface area contributed by atoms with E-state index >= 15 is 0 Å². The molecule has 2 rings (SSSR count). The maximum absolute atomic E-state index is 12.1. The van der Waals surface area contributed by atoms with E-state index in [0.29, 0.717) is 19.4 Å². The molecule has 4 atom stereocenters. The summed E-state index contributed by atoms with van der Waals surface area (Å²) in [6, 6.07) is -0.713. The van der Waals surface area contributed by atoms with Gasteiger partial charge in [-0.15, -0.1) is 5.06 Å². The molecular formula is C14H26N4O6. The van der Waals surface area contributed by atoms with Crippen LogP contribution in [-0.2, 0) is 14.4 Å². The third kappa shape index (κ3) is 4.77. The number of amides is 2. The van der Waals surface area contributed by atoms with E-state index in [2.05, 4.69) is 10.8 Å². The monoisotopic (exact) mass is 346 g/mol. The Bertz CT molecular complexity index is 469. The lowest BCUT2D eigenvalue weighted by Gasteiger charge is -2.30. The number of hydroxylamine groups is 3. The van der Waals surface area contributed by atoms with E-state index in [1.54, 1.807) is 20.8 Å². The fourth-order valence-corrected chi connectivity index (χ4v) is 2.78. The second-order valence-electron chi connectivity index (χ2n) is 6.91. The Hall–Kier alpha value is -1.46. The maximum Gasteiger partial charge on any atom is 0.407 e. The van der Waals surface area contributed by atoms with Crippen LogP contribution in [0.15, 0.2) is 0 Å². The number of ether oxygens (including phenoxy) is 1. The van der Waals surface area contributed by atoms with Crippen molar-refractivity contribution in [2.75, 3.05) is 19.7 Å². The van der Waals surface area contributed by atoms with Gasteiger partial charge in [0, 0.05) is 13.1 Å². The Morgan fingerprint density at radius 2 is 2.00 bits per heavy atom. The number of nitrogens with zero attached hydrogens (tertiary/aromatic N) is 2. The molecule has 0 spiro atoms. The Labute approximate surface area is 140 Å². The molecule has 0 aromatic carbocycles. The van der Waals surface area contributed by atoms with Gasteiger partial charge in [-0.25, -0.2) is 10.3 Å². The molecule has 2 unspecified atom stereocenters. The number of hydrogen-bond donors (Lipinski definition) is 4. The third-order valence-electron chi connectivity index (χ3n) is 3.85. The lowest BCUT2D eigenvalue weighted by atomic mass is 10.0. The van der Waals surface area contributed by atoms with Gasteiger partial charge in [-0.3, -0.25) is 14.5 Å². The van der Waals surface area contributed by atoms with E-state index in [1.165, 1.54) is 4.90 Å². The van der Waals surface area contributed by atoms with Crippen LogP contribution in [0.3, 0.4) is 0 Å². The quantitative estimate of drug-likeness (QED) is 0.383. The van der Waals surface area contributed by atoms with Gasteiger partial charge in [0.1, 0.15) is 5.60 Å². The Morgan fingerprint density at radius 3 is 2.67 bits per heavy atom. The van der Waals surface area contributed by atoms with Crippen molar-refractivity contribution in [2.24, 2.45) is 0 Å². The van der Waals surface area contributed by atoms with E-state index in [0.717, 1.165) is 5.06 Å². The highest BCUT2D eigenvalue weighted by Gasteiger charge is 2.47. The summed E-state index contributed by atoms with van der Waals surface area (Å²) >= 11 is 0. The van der Waals surface area contributed by atoms with Gasteiger partial charge in [0.25, 0.3) is 5.91 Å². The van der Waals surface area contributed by atoms with Gasteiger partial charge < -0.3 is 20.4 Å². The van der Waals surface area contributed by atoms with Crippen LogP contribution in [-0.4, -0.2) is 76.0 Å². The molecule has 2 heterocycles. The number of carbonyl (C=O) groups is 2. The van der Waals surface area contributed by atoms with Crippen molar-refractivity contribution in [3.8, 4) is 0 Å². The predicted molar refractivity (Wildman–Crippen MR) is 81.5 cm³/mol. The zero-order valence-corrected chi connectivity index (χ0v) is 14.2. The van der Waals surface area contributed by atoms with Gasteiger partial charge in [0.05, 0.1) is 18.7 Å². The van der Waals surface area contributed by atoms with Crippen molar-refractivity contribution < 1.29 is 29.5 Å².